The molecule has 0 saturated carbocycles. The Bertz CT molecular complexity index is 663. The fourth-order valence-corrected chi connectivity index (χ4v) is 2.54. The van der Waals surface area contributed by atoms with Crippen molar-refractivity contribution in [3.8, 4) is 5.75 Å². The summed E-state index contributed by atoms with van der Waals surface area (Å²) in [4.78, 5) is 13.8. The van der Waals surface area contributed by atoms with E-state index in [4.69, 9.17) is 4.74 Å². The van der Waals surface area contributed by atoms with Crippen molar-refractivity contribution in [2.24, 2.45) is 0 Å². The molecule has 2 rings (SSSR count). The second kappa shape index (κ2) is 8.67. The molecule has 5 heteroatoms. The number of carbonyl (C=O) groups is 1. The number of ether oxygens (including phenoxy) is 1. The minimum atomic E-state index is -0.327. The Kier molecular flexibility index (Phi) is 6.59. The van der Waals surface area contributed by atoms with Crippen molar-refractivity contribution in [1.29, 1.82) is 0 Å². The molecule has 0 unspecified atom stereocenters. The summed E-state index contributed by atoms with van der Waals surface area (Å²) in [5, 5.41) is 0. The van der Waals surface area contributed by atoms with Crippen LogP contribution in [-0.4, -0.2) is 24.5 Å². The standard InChI is InChI=1S/C18H19BrFNO2/c1-21(13-14-6-2-3-9-17(14)19)18(22)10-5-11-23-16-8-4-7-15(20)12-16/h2-4,6-9,12H,5,10-11,13H2,1H3. The van der Waals surface area contributed by atoms with Crippen LogP contribution in [-0.2, 0) is 11.3 Å². The lowest BCUT2D eigenvalue weighted by Crippen LogP contribution is -2.26. The number of halogens is 2. The minimum Gasteiger partial charge on any atom is -0.493 e. The summed E-state index contributed by atoms with van der Waals surface area (Å²) in [6, 6.07) is 13.8. The van der Waals surface area contributed by atoms with Crippen molar-refractivity contribution >= 4 is 21.8 Å². The molecule has 122 valence electrons. The van der Waals surface area contributed by atoms with E-state index in [1.165, 1.54) is 12.1 Å². The predicted molar refractivity (Wildman–Crippen MR) is 91.7 cm³/mol. The molecule has 0 heterocycles. The normalized spacial score (nSPS) is 10.4. The van der Waals surface area contributed by atoms with Gasteiger partial charge < -0.3 is 9.64 Å². The van der Waals surface area contributed by atoms with E-state index in [1.54, 1.807) is 24.1 Å². The molecule has 2 aromatic carbocycles. The van der Waals surface area contributed by atoms with Gasteiger partial charge in [0.2, 0.25) is 5.91 Å². The second-order valence-corrected chi connectivity index (χ2v) is 6.10. The van der Waals surface area contributed by atoms with E-state index >= 15 is 0 Å². The zero-order chi connectivity index (χ0) is 16.7. The van der Waals surface area contributed by atoms with E-state index in [9.17, 15) is 9.18 Å². The summed E-state index contributed by atoms with van der Waals surface area (Å²) in [5.74, 6) is 0.217. The lowest BCUT2D eigenvalue weighted by Gasteiger charge is -2.18. The highest BCUT2D eigenvalue weighted by Gasteiger charge is 2.10. The van der Waals surface area contributed by atoms with Crippen molar-refractivity contribution in [3.63, 3.8) is 0 Å². The van der Waals surface area contributed by atoms with E-state index in [0.29, 0.717) is 31.7 Å². The van der Waals surface area contributed by atoms with Crippen LogP contribution in [0.15, 0.2) is 53.0 Å². The number of nitrogens with zero attached hydrogens (tertiary/aromatic N) is 1. The summed E-state index contributed by atoms with van der Waals surface area (Å²) in [6.07, 6.45) is 0.992. The molecule has 0 fully saturated rings. The van der Waals surface area contributed by atoms with Gasteiger partial charge >= 0.3 is 0 Å². The van der Waals surface area contributed by atoms with Crippen LogP contribution in [0.1, 0.15) is 18.4 Å². The third-order valence-corrected chi connectivity index (χ3v) is 4.16. The maximum atomic E-state index is 13.0. The van der Waals surface area contributed by atoms with Crippen LogP contribution < -0.4 is 4.74 Å². The molecule has 0 aliphatic heterocycles. The number of carbonyl (C=O) groups excluding carboxylic acids is 1. The molecule has 0 N–H and O–H groups in total. The minimum absolute atomic E-state index is 0.0589. The molecule has 0 bridgehead atoms. The summed E-state index contributed by atoms with van der Waals surface area (Å²) in [6.45, 7) is 0.947. The van der Waals surface area contributed by atoms with Crippen molar-refractivity contribution in [2.45, 2.75) is 19.4 Å². The highest BCUT2D eigenvalue weighted by Crippen LogP contribution is 2.18. The molecule has 3 nitrogen and oxygen atoms in total. The van der Waals surface area contributed by atoms with Gasteiger partial charge in [0.25, 0.3) is 0 Å². The van der Waals surface area contributed by atoms with Gasteiger partial charge in [0.1, 0.15) is 11.6 Å². The first-order chi connectivity index (χ1) is 11.1. The van der Waals surface area contributed by atoms with Gasteiger partial charge in [0.05, 0.1) is 6.61 Å². The summed E-state index contributed by atoms with van der Waals surface area (Å²) in [5.41, 5.74) is 1.07. The van der Waals surface area contributed by atoms with Gasteiger partial charge in [-0.1, -0.05) is 40.2 Å². The van der Waals surface area contributed by atoms with E-state index in [2.05, 4.69) is 15.9 Å². The molecule has 0 spiro atoms. The fourth-order valence-electron chi connectivity index (χ4n) is 2.13. The van der Waals surface area contributed by atoms with E-state index in [1.807, 2.05) is 24.3 Å². The molecule has 23 heavy (non-hydrogen) atoms. The Morgan fingerprint density at radius 2 is 2.00 bits per heavy atom. The van der Waals surface area contributed by atoms with Crippen molar-refractivity contribution in [1.82, 2.24) is 4.90 Å². The highest BCUT2D eigenvalue weighted by atomic mass is 79.9. The molecular weight excluding hydrogens is 361 g/mol. The largest absolute Gasteiger partial charge is 0.493 e. The number of hydrogen-bond acceptors (Lipinski definition) is 2. The van der Waals surface area contributed by atoms with Crippen molar-refractivity contribution < 1.29 is 13.9 Å². The Hall–Kier alpha value is -1.88. The van der Waals surface area contributed by atoms with Crippen LogP contribution in [0.2, 0.25) is 0 Å². The summed E-state index contributed by atoms with van der Waals surface area (Å²) < 4.78 is 19.4. The average Bonchev–Trinajstić information content (AvgIpc) is 2.53. The van der Waals surface area contributed by atoms with Gasteiger partial charge in [-0.3, -0.25) is 4.79 Å². The zero-order valence-corrected chi connectivity index (χ0v) is 14.6. The van der Waals surface area contributed by atoms with Gasteiger partial charge in [-0.15, -0.1) is 0 Å². The average molecular weight is 380 g/mol. The van der Waals surface area contributed by atoms with E-state index in [0.717, 1.165) is 10.0 Å². The van der Waals surface area contributed by atoms with Gasteiger partial charge in [-0.25, -0.2) is 4.39 Å². The SMILES string of the molecule is CN(Cc1ccccc1Br)C(=O)CCCOc1cccc(F)c1. The highest BCUT2D eigenvalue weighted by molar-refractivity contribution is 9.10. The topological polar surface area (TPSA) is 29.5 Å². The zero-order valence-electron chi connectivity index (χ0n) is 13.0. The maximum Gasteiger partial charge on any atom is 0.222 e. The number of hydrogen-bond donors (Lipinski definition) is 0. The quantitative estimate of drug-likeness (QED) is 0.667. The molecule has 0 aliphatic carbocycles. The maximum absolute atomic E-state index is 13.0. The number of benzene rings is 2. The molecule has 0 aliphatic rings. The van der Waals surface area contributed by atoms with Crippen LogP contribution in [0.25, 0.3) is 0 Å². The Labute approximate surface area is 144 Å². The molecule has 2 aromatic rings. The van der Waals surface area contributed by atoms with Gasteiger partial charge in [0.15, 0.2) is 0 Å². The van der Waals surface area contributed by atoms with Crippen LogP contribution in [0.4, 0.5) is 4.39 Å². The predicted octanol–water partition coefficient (Wildman–Crippen LogP) is 4.41. The Morgan fingerprint density at radius 1 is 1.22 bits per heavy atom. The van der Waals surface area contributed by atoms with E-state index < -0.39 is 0 Å². The van der Waals surface area contributed by atoms with Gasteiger partial charge in [0, 0.05) is 30.6 Å². The molecule has 0 saturated heterocycles. The van der Waals surface area contributed by atoms with E-state index in [-0.39, 0.29) is 11.7 Å². The molecule has 1 amide bonds. The first-order valence-electron chi connectivity index (χ1n) is 7.42. The first-order valence-corrected chi connectivity index (χ1v) is 8.21. The van der Waals surface area contributed by atoms with Crippen LogP contribution in [0, 0.1) is 5.82 Å². The molecular formula is C18H19BrFNO2. The third-order valence-electron chi connectivity index (χ3n) is 3.39. The van der Waals surface area contributed by atoms with Crippen molar-refractivity contribution in [2.75, 3.05) is 13.7 Å². The number of amides is 1. The lowest BCUT2D eigenvalue weighted by atomic mass is 10.2. The van der Waals surface area contributed by atoms with Crippen molar-refractivity contribution in [3.05, 3.63) is 64.4 Å². The van der Waals surface area contributed by atoms with Gasteiger partial charge in [-0.2, -0.15) is 0 Å². The summed E-state index contributed by atoms with van der Waals surface area (Å²) >= 11 is 3.48. The monoisotopic (exact) mass is 379 g/mol. The molecule has 0 radical (unpaired) electrons. The first kappa shape index (κ1) is 17.5. The molecule has 0 aromatic heterocycles. The van der Waals surface area contributed by atoms with Crippen LogP contribution >= 0.6 is 15.9 Å². The third kappa shape index (κ3) is 5.67. The Morgan fingerprint density at radius 3 is 2.74 bits per heavy atom. The Balaban J connectivity index is 1.73. The smallest absolute Gasteiger partial charge is 0.222 e. The van der Waals surface area contributed by atoms with Crippen LogP contribution in [0.3, 0.4) is 0 Å². The molecule has 0 atom stereocenters. The fraction of sp³-hybridized carbons (Fsp3) is 0.278. The number of rotatable bonds is 7. The van der Waals surface area contributed by atoms with Gasteiger partial charge in [-0.05, 0) is 30.2 Å². The lowest BCUT2D eigenvalue weighted by molar-refractivity contribution is -0.130. The summed E-state index contributed by atoms with van der Waals surface area (Å²) in [7, 11) is 1.79. The second-order valence-electron chi connectivity index (χ2n) is 5.25. The van der Waals surface area contributed by atoms with Crippen LogP contribution in [0.5, 0.6) is 5.75 Å².